The first-order valence-corrected chi connectivity index (χ1v) is 26.2. The number of hydrogen-bond acceptors (Lipinski definition) is 12. The molecule has 12 nitrogen and oxygen atoms in total. The van der Waals surface area contributed by atoms with Crippen LogP contribution in [0.15, 0.2) is 11.6 Å². The molecule has 0 radical (unpaired) electrons. The highest BCUT2D eigenvalue weighted by Gasteiger charge is 2.59. The number of fused-ring (bicyclic) bond motifs is 5. The lowest BCUT2D eigenvalue weighted by molar-refractivity contribution is -0.137. The minimum Gasteiger partial charge on any atom is -0.378 e. The Morgan fingerprint density at radius 2 is 1.39 bits per heavy atom. The van der Waals surface area contributed by atoms with Crippen LogP contribution in [0.2, 0.25) is 0 Å². The topological polar surface area (TPSA) is 182 Å². The number of allylic oxidation sites excluding steroid dienone is 1. The van der Waals surface area contributed by atoms with Crippen LogP contribution in [0, 0.1) is 52.3 Å². The van der Waals surface area contributed by atoms with E-state index in [1.54, 1.807) is 5.57 Å². The zero-order valence-electron chi connectivity index (χ0n) is 41.5. The number of carbonyl (C=O) groups excluding carboxylic acids is 2. The molecular formula is C52H97N5O7. The second-order valence-corrected chi connectivity index (χ2v) is 21.0. The molecule has 0 amide bonds. The first-order valence-electron chi connectivity index (χ1n) is 26.2. The number of ether oxygens (including phenoxy) is 5. The van der Waals surface area contributed by atoms with Crippen LogP contribution in [-0.2, 0) is 33.3 Å². The van der Waals surface area contributed by atoms with E-state index in [4.69, 9.17) is 40.9 Å². The summed E-state index contributed by atoms with van der Waals surface area (Å²) in [5, 5.41) is 6.81. The molecular weight excluding hydrogens is 807 g/mol. The van der Waals surface area contributed by atoms with Crippen molar-refractivity contribution in [1.29, 1.82) is 0 Å². The number of nitrogens with one attached hydrogen (secondary N) is 2. The standard InChI is InChI=1S/C52H97N5O7/c1-39(2)11-8-12-40(3)45-16-17-46-43-15-14-41-37-42(18-21-51(41,4)47(43)19-22-52(45,46)5)64-29-9-13-49(58)44(38-63-36-35-62-34-33-61-32-31-60-30-24-54)50(59)48(55)20-28-57-26-7-6-25-56-27-10-23-53/h14,39-40,42-48,56-57H,6-13,15-38,53-55H2,1-5H3/t40-,42?,43+,44?,45-,46+,47+,48?,51+,52-/m1/s1. The Morgan fingerprint density at radius 1 is 0.719 bits per heavy atom. The van der Waals surface area contributed by atoms with Crippen LogP contribution in [0.25, 0.3) is 0 Å². The lowest BCUT2D eigenvalue weighted by Crippen LogP contribution is -2.51. The summed E-state index contributed by atoms with van der Waals surface area (Å²) in [4.78, 5) is 27.4. The fourth-order valence-corrected chi connectivity index (χ4v) is 12.4. The fourth-order valence-electron chi connectivity index (χ4n) is 12.4. The number of rotatable bonds is 37. The summed E-state index contributed by atoms with van der Waals surface area (Å²) in [6.07, 6.45) is 21.5. The number of nitrogens with two attached hydrogens (primary N) is 3. The number of hydrogen-bond donors (Lipinski definition) is 5. The molecule has 0 aliphatic heterocycles. The first-order chi connectivity index (χ1) is 31.0. The summed E-state index contributed by atoms with van der Waals surface area (Å²) in [5.41, 5.74) is 19.8. The third kappa shape index (κ3) is 17.3. The van der Waals surface area contributed by atoms with Gasteiger partial charge >= 0.3 is 0 Å². The lowest BCUT2D eigenvalue weighted by atomic mass is 9.47. The molecule has 0 spiro atoms. The van der Waals surface area contributed by atoms with Gasteiger partial charge < -0.3 is 51.5 Å². The van der Waals surface area contributed by atoms with Crippen molar-refractivity contribution in [2.75, 3.05) is 98.7 Å². The fraction of sp³-hybridized carbons (Fsp3) is 0.923. The summed E-state index contributed by atoms with van der Waals surface area (Å²) in [6, 6.07) is -0.738. The highest BCUT2D eigenvalue weighted by Crippen LogP contribution is 2.67. The smallest absolute Gasteiger partial charge is 0.162 e. The van der Waals surface area contributed by atoms with Gasteiger partial charge in [0.15, 0.2) is 5.78 Å². The highest BCUT2D eigenvalue weighted by atomic mass is 16.6. The van der Waals surface area contributed by atoms with Crippen LogP contribution in [0.4, 0.5) is 0 Å². The lowest BCUT2D eigenvalue weighted by Gasteiger charge is -2.58. The van der Waals surface area contributed by atoms with Gasteiger partial charge in [-0.3, -0.25) is 9.59 Å². The van der Waals surface area contributed by atoms with E-state index in [9.17, 15) is 9.59 Å². The van der Waals surface area contributed by atoms with Gasteiger partial charge in [-0.1, -0.05) is 65.5 Å². The second-order valence-electron chi connectivity index (χ2n) is 21.0. The second kappa shape index (κ2) is 30.2. The van der Waals surface area contributed by atoms with E-state index >= 15 is 0 Å². The van der Waals surface area contributed by atoms with Crippen LogP contribution < -0.4 is 27.8 Å². The zero-order valence-corrected chi connectivity index (χ0v) is 41.5. The van der Waals surface area contributed by atoms with Crippen molar-refractivity contribution >= 4 is 11.6 Å². The molecule has 0 heterocycles. The van der Waals surface area contributed by atoms with E-state index in [-0.39, 0.29) is 42.7 Å². The van der Waals surface area contributed by atoms with Gasteiger partial charge in [-0.15, -0.1) is 0 Å². The summed E-state index contributed by atoms with van der Waals surface area (Å²) < 4.78 is 28.8. The van der Waals surface area contributed by atoms with E-state index in [1.807, 2.05) is 0 Å². The number of unbranched alkanes of at least 4 members (excludes halogenated alkanes) is 1. The Labute approximate surface area is 390 Å². The minimum absolute atomic E-state index is 0.00463. The minimum atomic E-state index is -0.900. The van der Waals surface area contributed by atoms with Crippen LogP contribution in [-0.4, -0.2) is 122 Å². The Balaban J connectivity index is 1.20. The molecule has 0 saturated heterocycles. The first kappa shape index (κ1) is 55.3. The maximum Gasteiger partial charge on any atom is 0.162 e. The van der Waals surface area contributed by atoms with Gasteiger partial charge in [-0.2, -0.15) is 0 Å². The van der Waals surface area contributed by atoms with E-state index < -0.39 is 12.0 Å². The van der Waals surface area contributed by atoms with E-state index in [0.717, 1.165) is 87.2 Å². The molecule has 0 bridgehead atoms. The van der Waals surface area contributed by atoms with Gasteiger partial charge in [0.05, 0.1) is 65.0 Å². The maximum atomic E-state index is 13.7. The predicted octanol–water partition coefficient (Wildman–Crippen LogP) is 7.00. The largest absolute Gasteiger partial charge is 0.378 e. The molecule has 4 rings (SSSR count). The zero-order chi connectivity index (χ0) is 46.2. The monoisotopic (exact) mass is 904 g/mol. The van der Waals surface area contributed by atoms with Crippen molar-refractivity contribution in [1.82, 2.24) is 10.6 Å². The molecule has 3 unspecified atom stereocenters. The van der Waals surface area contributed by atoms with Gasteiger partial charge in [0, 0.05) is 19.6 Å². The quantitative estimate of drug-likeness (QED) is 0.0245. The molecule has 12 heteroatoms. The molecule has 0 aromatic heterocycles. The van der Waals surface area contributed by atoms with Gasteiger partial charge in [-0.05, 0) is 163 Å². The van der Waals surface area contributed by atoms with Crippen LogP contribution in [0.3, 0.4) is 0 Å². The van der Waals surface area contributed by atoms with Crippen molar-refractivity contribution in [3.05, 3.63) is 11.6 Å². The summed E-state index contributed by atoms with van der Waals surface area (Å²) in [5.74, 6) is 3.73. The molecule has 64 heavy (non-hydrogen) atoms. The van der Waals surface area contributed by atoms with Crippen molar-refractivity contribution in [3.63, 3.8) is 0 Å². The third-order valence-electron chi connectivity index (χ3n) is 16.1. The van der Waals surface area contributed by atoms with Gasteiger partial charge in [0.25, 0.3) is 0 Å². The highest BCUT2D eigenvalue weighted by molar-refractivity contribution is 6.04. The molecule has 8 N–H and O–H groups in total. The third-order valence-corrected chi connectivity index (χ3v) is 16.1. The van der Waals surface area contributed by atoms with Crippen molar-refractivity contribution in [2.24, 2.45) is 69.5 Å². The van der Waals surface area contributed by atoms with E-state index in [2.05, 4.69) is 51.3 Å². The number of carbonyl (C=O) groups is 2. The van der Waals surface area contributed by atoms with Crippen LogP contribution in [0.5, 0.6) is 0 Å². The molecule has 0 aromatic carbocycles. The van der Waals surface area contributed by atoms with Crippen LogP contribution in [0.1, 0.15) is 144 Å². The van der Waals surface area contributed by atoms with Gasteiger partial charge in [-0.25, -0.2) is 0 Å². The number of ketones is 2. The molecule has 3 saturated carbocycles. The Kier molecular flexibility index (Phi) is 26.1. The van der Waals surface area contributed by atoms with E-state index in [0.29, 0.717) is 84.1 Å². The SMILES string of the molecule is CC(C)CCC[C@@H](C)[C@H]1CC[C@H]2[C@@H]3CC=C4CC(OCCCC(=O)C(COCCOCCOCCOCCN)C(=O)C(N)CCNCCCCNCCCN)CC[C@]4(C)[C@H]3CC[C@]12C. The summed E-state index contributed by atoms with van der Waals surface area (Å²) >= 11 is 0. The molecule has 372 valence electrons. The summed E-state index contributed by atoms with van der Waals surface area (Å²) in [7, 11) is 0. The summed E-state index contributed by atoms with van der Waals surface area (Å²) in [6.45, 7) is 20.7. The Hall–Kier alpha value is -1.32. The maximum absolute atomic E-state index is 13.7. The molecule has 4 aliphatic rings. The molecule has 3 fully saturated rings. The van der Waals surface area contributed by atoms with Gasteiger partial charge in [0.1, 0.15) is 11.7 Å². The van der Waals surface area contributed by atoms with Gasteiger partial charge in [0.2, 0.25) is 0 Å². The van der Waals surface area contributed by atoms with Crippen molar-refractivity contribution in [3.8, 4) is 0 Å². The van der Waals surface area contributed by atoms with Crippen molar-refractivity contribution in [2.45, 2.75) is 156 Å². The molecule has 10 atom stereocenters. The average Bonchev–Trinajstić information content (AvgIpc) is 3.64. The average molecular weight is 904 g/mol. The van der Waals surface area contributed by atoms with Crippen molar-refractivity contribution < 1.29 is 33.3 Å². The molecule has 4 aliphatic carbocycles. The van der Waals surface area contributed by atoms with Crippen LogP contribution >= 0.6 is 0 Å². The Morgan fingerprint density at radius 3 is 2.08 bits per heavy atom. The normalized spacial score (nSPS) is 28.0. The molecule has 0 aromatic rings. The number of Topliss-reactive ketones (excluding diaryl/α,β-unsaturated/α-hetero) is 2. The van der Waals surface area contributed by atoms with E-state index in [1.165, 1.54) is 57.8 Å². The predicted molar refractivity (Wildman–Crippen MR) is 259 cm³/mol. The Bertz CT molecular complexity index is 1340.